The van der Waals surface area contributed by atoms with Gasteiger partial charge in [-0.25, -0.2) is 4.98 Å². The second kappa shape index (κ2) is 5.66. The molecule has 0 radical (unpaired) electrons. The zero-order valence-electron chi connectivity index (χ0n) is 9.74. The van der Waals surface area contributed by atoms with Crippen LogP contribution in [0.15, 0.2) is 36.4 Å². The van der Waals surface area contributed by atoms with Crippen molar-refractivity contribution in [3.63, 3.8) is 0 Å². The van der Waals surface area contributed by atoms with Gasteiger partial charge < -0.3 is 0 Å². The highest BCUT2D eigenvalue weighted by Gasteiger charge is 1.96. The monoisotopic (exact) mass is 340 g/mol. The van der Waals surface area contributed by atoms with Crippen LogP contribution in [0.2, 0.25) is 0 Å². The Morgan fingerprint density at radius 1 is 1.11 bits per heavy atom. The number of aryl methyl sites for hydroxylation is 1. The summed E-state index contributed by atoms with van der Waals surface area (Å²) in [5.74, 6) is 6.04. The van der Waals surface area contributed by atoms with Crippen molar-refractivity contribution in [3.05, 3.63) is 62.5 Å². The lowest BCUT2D eigenvalue weighted by Crippen LogP contribution is -1.86. The van der Waals surface area contributed by atoms with E-state index in [-0.39, 0.29) is 0 Å². The van der Waals surface area contributed by atoms with Crippen molar-refractivity contribution in [1.82, 2.24) is 4.98 Å². The molecule has 0 saturated heterocycles. The Morgan fingerprint density at radius 3 is 2.61 bits per heavy atom. The van der Waals surface area contributed by atoms with E-state index in [4.69, 9.17) is 5.26 Å². The van der Waals surface area contributed by atoms with Crippen LogP contribution in [-0.4, -0.2) is 4.98 Å². The molecule has 2 nitrogen and oxygen atoms in total. The number of nitrogens with zero attached hydrogens (tertiary/aromatic N) is 2. The molecule has 86 valence electrons. The molecule has 0 atom stereocenters. The first-order valence-corrected chi connectivity index (χ1v) is 6.41. The molecule has 1 aromatic carbocycles. The maximum atomic E-state index is 8.89. The quantitative estimate of drug-likeness (QED) is 0.545. The summed E-state index contributed by atoms with van der Waals surface area (Å²) >= 11 is 2.18. The van der Waals surface area contributed by atoms with E-state index >= 15 is 0 Å². The third-order valence-corrected chi connectivity index (χ3v) is 2.87. The minimum absolute atomic E-state index is 0.628. The fourth-order valence-corrected chi connectivity index (χ4v) is 2.15. The molecule has 0 aliphatic heterocycles. The van der Waals surface area contributed by atoms with Gasteiger partial charge in [0.1, 0.15) is 5.69 Å². The van der Waals surface area contributed by atoms with Crippen LogP contribution in [0.4, 0.5) is 0 Å². The van der Waals surface area contributed by atoms with E-state index in [1.165, 1.54) is 0 Å². The van der Waals surface area contributed by atoms with E-state index in [9.17, 15) is 0 Å². The van der Waals surface area contributed by atoms with Gasteiger partial charge in [0, 0.05) is 14.8 Å². The van der Waals surface area contributed by atoms with Crippen molar-refractivity contribution in [1.29, 1.82) is 5.26 Å². The molecule has 0 amide bonds. The van der Waals surface area contributed by atoms with Gasteiger partial charge in [0.15, 0.2) is 0 Å². The van der Waals surface area contributed by atoms with E-state index < -0.39 is 0 Å². The Bertz CT molecular complexity index is 688. The fraction of sp³-hybridized carbons (Fsp3) is 0.0667. The number of pyridine rings is 1. The molecule has 0 saturated carbocycles. The molecule has 2 rings (SSSR count). The van der Waals surface area contributed by atoms with Gasteiger partial charge in [-0.2, -0.15) is 5.26 Å². The Kier molecular flexibility index (Phi) is 3.96. The molecule has 0 N–H and O–H groups in total. The van der Waals surface area contributed by atoms with E-state index in [2.05, 4.69) is 45.5 Å². The van der Waals surface area contributed by atoms with Gasteiger partial charge in [0.2, 0.25) is 0 Å². The highest BCUT2D eigenvalue weighted by molar-refractivity contribution is 14.1. The number of benzene rings is 1. The van der Waals surface area contributed by atoms with E-state index in [1.807, 2.05) is 37.3 Å². The molecule has 0 fully saturated rings. The minimum atomic E-state index is 0.628. The number of aromatic nitrogens is 1. The first-order valence-electron chi connectivity index (χ1n) is 5.34. The largest absolute Gasteiger partial charge is 0.245 e. The van der Waals surface area contributed by atoms with Crippen molar-refractivity contribution in [2.45, 2.75) is 6.92 Å². The normalized spacial score (nSPS) is 9.17. The van der Waals surface area contributed by atoms with Crippen molar-refractivity contribution in [2.75, 3.05) is 0 Å². The van der Waals surface area contributed by atoms with Crippen LogP contribution in [0.25, 0.3) is 0 Å². The molecule has 18 heavy (non-hydrogen) atoms. The van der Waals surface area contributed by atoms with Crippen LogP contribution in [0.5, 0.6) is 0 Å². The molecule has 1 aromatic heterocycles. The first-order chi connectivity index (χ1) is 8.67. The SMILES string of the molecule is Cc1cccc(C#Cc2cc([123I])cc(C#N)c2)n1. The Balaban J connectivity index is 2.36. The Hall–Kier alpha value is -1.85. The zero-order chi connectivity index (χ0) is 13.0. The standard InChI is InChI=1S/C15H9IN2/c1-11-3-2-4-15(18-11)6-5-12-7-13(10-17)9-14(16)8-12/h2-4,7-9H,1H3/i16-4. The third kappa shape index (κ3) is 3.32. The van der Waals surface area contributed by atoms with Crippen molar-refractivity contribution < 1.29 is 0 Å². The maximum absolute atomic E-state index is 8.89. The summed E-state index contributed by atoms with van der Waals surface area (Å²) < 4.78 is 1.01. The molecule has 2 aromatic rings. The molecular weight excluding hydrogens is 331 g/mol. The Labute approximate surface area is 120 Å². The fourth-order valence-electron chi connectivity index (χ4n) is 1.48. The zero-order valence-corrected chi connectivity index (χ0v) is 11.9. The molecule has 0 spiro atoms. The maximum Gasteiger partial charge on any atom is 0.113 e. The van der Waals surface area contributed by atoms with Crippen molar-refractivity contribution >= 4 is 22.6 Å². The number of nitriles is 1. The summed E-state index contributed by atoms with van der Waals surface area (Å²) in [5.41, 5.74) is 3.15. The van der Waals surface area contributed by atoms with E-state index in [0.29, 0.717) is 5.56 Å². The molecule has 1 heterocycles. The van der Waals surface area contributed by atoms with Crippen LogP contribution in [0.1, 0.15) is 22.5 Å². The van der Waals surface area contributed by atoms with Gasteiger partial charge >= 0.3 is 0 Å². The van der Waals surface area contributed by atoms with Gasteiger partial charge in [0.05, 0.1) is 11.6 Å². The predicted octanol–water partition coefficient (Wildman–Crippen LogP) is 3.27. The van der Waals surface area contributed by atoms with Crippen LogP contribution in [-0.2, 0) is 0 Å². The highest BCUT2D eigenvalue weighted by Crippen LogP contribution is 2.11. The average molecular weight is 340 g/mol. The van der Waals surface area contributed by atoms with Gasteiger partial charge in [-0.05, 0) is 65.8 Å². The first kappa shape index (κ1) is 12.6. The lowest BCUT2D eigenvalue weighted by atomic mass is 10.1. The van der Waals surface area contributed by atoms with Crippen LogP contribution in [0.3, 0.4) is 0 Å². The van der Waals surface area contributed by atoms with Crippen LogP contribution < -0.4 is 0 Å². The van der Waals surface area contributed by atoms with Crippen molar-refractivity contribution in [2.24, 2.45) is 0 Å². The Morgan fingerprint density at radius 2 is 1.89 bits per heavy atom. The summed E-state index contributed by atoms with van der Waals surface area (Å²) in [5, 5.41) is 8.89. The summed E-state index contributed by atoms with van der Waals surface area (Å²) in [7, 11) is 0. The summed E-state index contributed by atoms with van der Waals surface area (Å²) in [6.45, 7) is 1.93. The second-order valence-corrected chi connectivity index (χ2v) is 5.00. The van der Waals surface area contributed by atoms with Gasteiger partial charge in [-0.3, -0.25) is 0 Å². The number of hydrogen-bond donors (Lipinski definition) is 0. The molecule has 0 unspecified atom stereocenters. The number of rotatable bonds is 0. The average Bonchev–Trinajstić information content (AvgIpc) is 2.36. The topological polar surface area (TPSA) is 36.7 Å². The summed E-state index contributed by atoms with van der Waals surface area (Å²) in [6, 6.07) is 13.4. The van der Waals surface area contributed by atoms with Crippen LogP contribution in [0, 0.1) is 33.7 Å². The second-order valence-electron chi connectivity index (χ2n) is 3.75. The predicted molar refractivity (Wildman–Crippen MR) is 78.8 cm³/mol. The van der Waals surface area contributed by atoms with E-state index in [0.717, 1.165) is 20.5 Å². The molecule has 0 aliphatic carbocycles. The lowest BCUT2D eigenvalue weighted by Gasteiger charge is -1.95. The highest BCUT2D eigenvalue weighted by atomic mass is 123. The summed E-state index contributed by atoms with van der Waals surface area (Å²) in [4.78, 5) is 4.31. The number of hydrogen-bond acceptors (Lipinski definition) is 2. The smallest absolute Gasteiger partial charge is 0.113 e. The van der Waals surface area contributed by atoms with Gasteiger partial charge in [0.25, 0.3) is 0 Å². The summed E-state index contributed by atoms with van der Waals surface area (Å²) in [6.07, 6.45) is 0. The minimum Gasteiger partial charge on any atom is -0.245 e. The lowest BCUT2D eigenvalue weighted by molar-refractivity contribution is 1.18. The molecular formula is C15H9IN2. The van der Waals surface area contributed by atoms with E-state index in [1.54, 1.807) is 6.07 Å². The number of halogens is 1. The van der Waals surface area contributed by atoms with Gasteiger partial charge in [-0.1, -0.05) is 12.0 Å². The van der Waals surface area contributed by atoms with Crippen molar-refractivity contribution in [3.8, 4) is 17.9 Å². The van der Waals surface area contributed by atoms with Crippen LogP contribution >= 0.6 is 22.6 Å². The molecule has 0 bridgehead atoms. The van der Waals surface area contributed by atoms with Gasteiger partial charge in [-0.15, -0.1) is 0 Å². The molecule has 0 aliphatic rings. The molecule has 3 heteroatoms. The third-order valence-electron chi connectivity index (χ3n) is 2.25.